The Morgan fingerprint density at radius 1 is 1.03 bits per heavy atom. The van der Waals surface area contributed by atoms with Crippen molar-refractivity contribution in [3.05, 3.63) is 87.8 Å². The van der Waals surface area contributed by atoms with Crippen LogP contribution in [0.4, 0.5) is 11.4 Å². The molecule has 0 aliphatic carbocycles. The Morgan fingerprint density at radius 2 is 1.80 bits per heavy atom. The molecule has 2 aromatic carbocycles. The van der Waals surface area contributed by atoms with Crippen LogP contribution in [0, 0.1) is 6.92 Å². The number of rotatable bonds is 6. The van der Waals surface area contributed by atoms with Crippen LogP contribution in [0.3, 0.4) is 0 Å². The van der Waals surface area contributed by atoms with Crippen LogP contribution in [0.2, 0.25) is 0 Å². The summed E-state index contributed by atoms with van der Waals surface area (Å²) < 4.78 is 6.80. The molecule has 1 aromatic heterocycles. The van der Waals surface area contributed by atoms with Gasteiger partial charge in [-0.25, -0.2) is 0 Å². The Morgan fingerprint density at radius 3 is 2.50 bits per heavy atom. The molecule has 154 valence electrons. The minimum atomic E-state index is -0.396. The third-order valence-corrected chi connectivity index (χ3v) is 4.62. The average molecular weight is 405 g/mol. The Kier molecular flexibility index (Phi) is 6.32. The fourth-order valence-corrected chi connectivity index (χ4v) is 3.04. The van der Waals surface area contributed by atoms with E-state index in [-0.39, 0.29) is 11.5 Å². The van der Waals surface area contributed by atoms with Crippen LogP contribution in [0.15, 0.2) is 65.6 Å². The minimum absolute atomic E-state index is 0.194. The summed E-state index contributed by atoms with van der Waals surface area (Å²) in [6.45, 7) is 3.75. The molecule has 30 heavy (non-hydrogen) atoms. The molecule has 0 unspecified atom stereocenters. The highest BCUT2D eigenvalue weighted by Gasteiger charge is 2.13. The maximum Gasteiger partial charge on any atom is 0.257 e. The number of hydrogen-bond acceptors (Lipinski definition) is 4. The van der Waals surface area contributed by atoms with E-state index in [0.717, 1.165) is 11.1 Å². The van der Waals surface area contributed by atoms with Crippen molar-refractivity contribution < 1.29 is 14.3 Å². The van der Waals surface area contributed by atoms with Crippen LogP contribution in [0.1, 0.15) is 28.4 Å². The number of ether oxygens (including phenoxy) is 1. The third kappa shape index (κ3) is 4.94. The Bertz CT molecular complexity index is 1150. The summed E-state index contributed by atoms with van der Waals surface area (Å²) >= 11 is 0. The first-order valence-corrected chi connectivity index (χ1v) is 9.39. The first-order chi connectivity index (χ1) is 14.4. The van der Waals surface area contributed by atoms with Gasteiger partial charge in [-0.1, -0.05) is 24.3 Å². The molecular weight excluding hydrogens is 382 g/mol. The van der Waals surface area contributed by atoms with E-state index in [9.17, 15) is 14.4 Å². The lowest BCUT2D eigenvalue weighted by atomic mass is 10.1. The fourth-order valence-electron chi connectivity index (χ4n) is 3.04. The molecular formula is C23H23N3O4. The van der Waals surface area contributed by atoms with Crippen LogP contribution in [0.25, 0.3) is 0 Å². The Labute approximate surface area is 174 Å². The summed E-state index contributed by atoms with van der Waals surface area (Å²) in [7, 11) is 1.49. The van der Waals surface area contributed by atoms with Crippen molar-refractivity contribution in [1.82, 2.24) is 4.57 Å². The van der Waals surface area contributed by atoms with E-state index >= 15 is 0 Å². The number of carbonyl (C=O) groups is 2. The topological polar surface area (TPSA) is 89.4 Å². The zero-order valence-corrected chi connectivity index (χ0v) is 17.1. The number of aromatic nitrogens is 1. The van der Waals surface area contributed by atoms with Crippen LogP contribution in [-0.2, 0) is 11.3 Å². The summed E-state index contributed by atoms with van der Waals surface area (Å²) in [5.74, 6) is -0.168. The lowest BCUT2D eigenvalue weighted by molar-refractivity contribution is -0.114. The highest BCUT2D eigenvalue weighted by atomic mass is 16.5. The number of amides is 2. The molecule has 0 bridgehead atoms. The molecule has 7 nitrogen and oxygen atoms in total. The second-order valence-corrected chi connectivity index (χ2v) is 6.86. The Balaban J connectivity index is 1.86. The van der Waals surface area contributed by atoms with E-state index in [1.54, 1.807) is 18.2 Å². The normalized spacial score (nSPS) is 10.4. The molecule has 0 fully saturated rings. The first-order valence-electron chi connectivity index (χ1n) is 9.39. The van der Waals surface area contributed by atoms with E-state index in [0.29, 0.717) is 29.2 Å². The minimum Gasteiger partial charge on any atom is -0.495 e. The van der Waals surface area contributed by atoms with E-state index in [2.05, 4.69) is 10.6 Å². The molecule has 1 heterocycles. The fraction of sp³-hybridized carbons (Fsp3) is 0.174. The maximum atomic E-state index is 12.8. The lowest BCUT2D eigenvalue weighted by Gasteiger charge is -2.13. The summed E-state index contributed by atoms with van der Waals surface area (Å²) in [5.41, 5.74) is 3.14. The Hall–Kier alpha value is -3.87. The van der Waals surface area contributed by atoms with Gasteiger partial charge in [0.2, 0.25) is 5.91 Å². The van der Waals surface area contributed by atoms with Crippen molar-refractivity contribution in [2.75, 3.05) is 17.7 Å². The average Bonchev–Trinajstić information content (AvgIpc) is 2.71. The standard InChI is InChI=1S/C23H23N3O4/c1-15-6-4-5-7-17(15)13-26-14-18(8-11-22(26)28)23(29)25-20-12-19(24-16(2)27)9-10-21(20)30-3/h4-12,14H,13H2,1-3H3,(H,24,27)(H,25,29). The molecule has 3 aromatic rings. The molecule has 7 heteroatoms. The smallest absolute Gasteiger partial charge is 0.257 e. The van der Waals surface area contributed by atoms with Gasteiger partial charge < -0.3 is 19.9 Å². The van der Waals surface area contributed by atoms with Crippen LogP contribution in [-0.4, -0.2) is 23.5 Å². The van der Waals surface area contributed by atoms with E-state index in [4.69, 9.17) is 4.74 Å². The highest BCUT2D eigenvalue weighted by Crippen LogP contribution is 2.28. The molecule has 3 rings (SSSR count). The number of nitrogens with zero attached hydrogens (tertiary/aromatic N) is 1. The largest absolute Gasteiger partial charge is 0.495 e. The molecule has 2 amide bonds. The summed E-state index contributed by atoms with van der Waals surface area (Å²) in [4.78, 5) is 36.4. The van der Waals surface area contributed by atoms with Gasteiger partial charge >= 0.3 is 0 Å². The first kappa shape index (κ1) is 20.9. The monoisotopic (exact) mass is 405 g/mol. The van der Waals surface area contributed by atoms with Gasteiger partial charge in [0.25, 0.3) is 11.5 Å². The third-order valence-electron chi connectivity index (χ3n) is 4.62. The number of aryl methyl sites for hydroxylation is 1. The molecule has 0 spiro atoms. The molecule has 0 atom stereocenters. The van der Waals surface area contributed by atoms with Gasteiger partial charge in [0.15, 0.2) is 0 Å². The number of nitrogens with one attached hydrogen (secondary N) is 2. The predicted molar refractivity (Wildman–Crippen MR) is 116 cm³/mol. The van der Waals surface area contributed by atoms with Crippen molar-refractivity contribution in [1.29, 1.82) is 0 Å². The van der Waals surface area contributed by atoms with Gasteiger partial charge in [-0.2, -0.15) is 0 Å². The lowest BCUT2D eigenvalue weighted by Crippen LogP contribution is -2.23. The zero-order chi connectivity index (χ0) is 21.7. The molecule has 2 N–H and O–H groups in total. The molecule has 0 aliphatic heterocycles. The van der Waals surface area contributed by atoms with Crippen molar-refractivity contribution in [3.8, 4) is 5.75 Å². The quantitative estimate of drug-likeness (QED) is 0.658. The van der Waals surface area contributed by atoms with Crippen molar-refractivity contribution >= 4 is 23.2 Å². The van der Waals surface area contributed by atoms with E-state index in [1.807, 2.05) is 31.2 Å². The summed E-state index contributed by atoms with van der Waals surface area (Å²) in [6.07, 6.45) is 1.54. The van der Waals surface area contributed by atoms with Crippen molar-refractivity contribution in [2.45, 2.75) is 20.4 Å². The maximum absolute atomic E-state index is 12.8. The van der Waals surface area contributed by atoms with Crippen LogP contribution < -0.4 is 20.9 Å². The molecule has 0 radical (unpaired) electrons. The second kappa shape index (κ2) is 9.09. The van der Waals surface area contributed by atoms with Gasteiger partial charge in [-0.15, -0.1) is 0 Å². The molecule has 0 aliphatic rings. The predicted octanol–water partition coefficient (Wildman–Crippen LogP) is 3.42. The number of benzene rings is 2. The second-order valence-electron chi connectivity index (χ2n) is 6.86. The summed E-state index contributed by atoms with van der Waals surface area (Å²) in [5, 5.41) is 5.45. The number of carbonyl (C=O) groups excluding carboxylic acids is 2. The molecule has 0 saturated heterocycles. The van der Waals surface area contributed by atoms with E-state index in [1.165, 1.54) is 36.9 Å². The van der Waals surface area contributed by atoms with Gasteiger partial charge in [0.05, 0.1) is 24.9 Å². The SMILES string of the molecule is COc1ccc(NC(C)=O)cc1NC(=O)c1ccc(=O)n(Cc2ccccc2C)c1. The highest BCUT2D eigenvalue weighted by molar-refractivity contribution is 6.05. The zero-order valence-electron chi connectivity index (χ0n) is 17.1. The number of pyridine rings is 1. The summed E-state index contributed by atoms with van der Waals surface area (Å²) in [6, 6.07) is 15.6. The number of hydrogen-bond donors (Lipinski definition) is 2. The van der Waals surface area contributed by atoms with Gasteiger partial charge in [-0.3, -0.25) is 14.4 Å². The van der Waals surface area contributed by atoms with Gasteiger partial charge in [-0.05, 0) is 42.3 Å². The van der Waals surface area contributed by atoms with E-state index < -0.39 is 5.91 Å². The van der Waals surface area contributed by atoms with Crippen molar-refractivity contribution in [3.63, 3.8) is 0 Å². The number of anilines is 2. The van der Waals surface area contributed by atoms with Gasteiger partial charge in [0.1, 0.15) is 5.75 Å². The van der Waals surface area contributed by atoms with Crippen molar-refractivity contribution in [2.24, 2.45) is 0 Å². The van der Waals surface area contributed by atoms with Crippen LogP contribution in [0.5, 0.6) is 5.75 Å². The van der Waals surface area contributed by atoms with Crippen LogP contribution >= 0.6 is 0 Å². The molecule has 0 saturated carbocycles. The van der Waals surface area contributed by atoms with Gasteiger partial charge in [0, 0.05) is 24.9 Å². The number of methoxy groups -OCH3 is 1.